The topological polar surface area (TPSA) is 33.7 Å². The van der Waals surface area contributed by atoms with Crippen molar-refractivity contribution in [3.8, 4) is 0 Å². The van der Waals surface area contributed by atoms with Gasteiger partial charge in [0.1, 0.15) is 5.78 Å². The van der Waals surface area contributed by atoms with Gasteiger partial charge in [-0.1, -0.05) is 38.1 Å². The highest BCUT2D eigenvalue weighted by atomic mass is 32.5. The van der Waals surface area contributed by atoms with E-state index in [1.807, 2.05) is 27.9 Å². The molecular formula is C22H33N2O2PS. The minimum Gasteiger partial charge on any atom is -0.378 e. The molecule has 0 aliphatic carbocycles. The Bertz CT molecular complexity index is 766. The summed E-state index contributed by atoms with van der Waals surface area (Å²) >= 11 is 5.95. The van der Waals surface area contributed by atoms with Gasteiger partial charge in [-0.15, -0.1) is 0 Å². The molecule has 1 unspecified atom stereocenters. The number of hydrogen-bond acceptors (Lipinski definition) is 5. The van der Waals surface area contributed by atoms with E-state index in [1.165, 1.54) is 5.56 Å². The summed E-state index contributed by atoms with van der Waals surface area (Å²) in [5.74, 6) is 0.282. The van der Waals surface area contributed by atoms with Gasteiger partial charge in [-0.2, -0.15) is 0 Å². The van der Waals surface area contributed by atoms with Crippen molar-refractivity contribution in [1.29, 1.82) is 0 Å². The Morgan fingerprint density at radius 1 is 0.893 bits per heavy atom. The van der Waals surface area contributed by atoms with E-state index in [-0.39, 0.29) is 5.78 Å². The van der Waals surface area contributed by atoms with Crippen LogP contribution in [0.3, 0.4) is 0 Å². The lowest BCUT2D eigenvalue weighted by Gasteiger charge is -2.32. The first-order chi connectivity index (χ1) is 13.3. The summed E-state index contributed by atoms with van der Waals surface area (Å²) in [7, 11) is 4.07. The summed E-state index contributed by atoms with van der Waals surface area (Å²) < 4.78 is 12.1. The van der Waals surface area contributed by atoms with Gasteiger partial charge in [-0.3, -0.25) is 0 Å². The van der Waals surface area contributed by atoms with Gasteiger partial charge in [0.15, 0.2) is 0 Å². The maximum absolute atomic E-state index is 6.03. The average Bonchev–Trinajstić information content (AvgIpc) is 2.67. The van der Waals surface area contributed by atoms with Gasteiger partial charge in [0.25, 0.3) is 0 Å². The molecule has 0 radical (unpaired) electrons. The molecule has 2 aromatic rings. The molecule has 0 fully saturated rings. The third-order valence-corrected chi connectivity index (χ3v) is 8.10. The average molecular weight is 421 g/mol. The predicted octanol–water partition coefficient (Wildman–Crippen LogP) is 6.37. The molecule has 0 spiro atoms. The van der Waals surface area contributed by atoms with Crippen LogP contribution in [0.25, 0.3) is 0 Å². The second-order valence-corrected chi connectivity index (χ2v) is 10.8. The van der Waals surface area contributed by atoms with E-state index >= 15 is 0 Å². The van der Waals surface area contributed by atoms with Gasteiger partial charge in [0, 0.05) is 25.5 Å². The van der Waals surface area contributed by atoms with Crippen LogP contribution in [0.4, 0.5) is 11.4 Å². The first-order valence-corrected chi connectivity index (χ1v) is 12.5. The lowest BCUT2D eigenvalue weighted by Crippen LogP contribution is -2.16. The second kappa shape index (κ2) is 10.4. The number of anilines is 2. The zero-order valence-electron chi connectivity index (χ0n) is 17.8. The molecule has 0 saturated carbocycles. The summed E-state index contributed by atoms with van der Waals surface area (Å²) in [6.07, 6.45) is 0. The molecule has 0 bridgehead atoms. The molecule has 154 valence electrons. The summed E-state index contributed by atoms with van der Waals surface area (Å²) in [5, 5.41) is 3.60. The Morgan fingerprint density at radius 3 is 1.82 bits per heavy atom. The SMILES string of the molecule is CCOP(=S)(OCC)C(Nc1ccc(C(C)C)cc1)c1ccc(N(C)C)cc1. The highest BCUT2D eigenvalue weighted by Crippen LogP contribution is 2.61. The maximum atomic E-state index is 6.03. The van der Waals surface area contributed by atoms with Crippen molar-refractivity contribution in [2.75, 3.05) is 37.5 Å². The monoisotopic (exact) mass is 420 g/mol. The Hall–Kier alpha value is -1.39. The first-order valence-electron chi connectivity index (χ1n) is 9.83. The molecule has 4 nitrogen and oxygen atoms in total. The fraction of sp³-hybridized carbons (Fsp3) is 0.455. The molecule has 1 N–H and O–H groups in total. The fourth-order valence-corrected chi connectivity index (χ4v) is 6.06. The Balaban J connectivity index is 2.41. The zero-order valence-corrected chi connectivity index (χ0v) is 19.5. The van der Waals surface area contributed by atoms with Crippen molar-refractivity contribution in [2.24, 2.45) is 0 Å². The van der Waals surface area contributed by atoms with Crippen LogP contribution in [0.5, 0.6) is 0 Å². The van der Waals surface area contributed by atoms with E-state index in [0.717, 1.165) is 16.9 Å². The van der Waals surface area contributed by atoms with Crippen molar-refractivity contribution < 1.29 is 9.05 Å². The molecule has 0 aromatic heterocycles. The number of hydrogen-bond donors (Lipinski definition) is 1. The number of nitrogens with zero attached hydrogens (tertiary/aromatic N) is 1. The lowest BCUT2D eigenvalue weighted by molar-refractivity contribution is 0.261. The highest BCUT2D eigenvalue weighted by Gasteiger charge is 2.32. The van der Waals surface area contributed by atoms with Gasteiger partial charge in [0.05, 0.1) is 13.2 Å². The number of benzene rings is 2. The quantitative estimate of drug-likeness (QED) is 0.452. The minimum atomic E-state index is -2.58. The van der Waals surface area contributed by atoms with E-state index < -0.39 is 6.49 Å². The summed E-state index contributed by atoms with van der Waals surface area (Å²) in [6.45, 7) is 6.79. The van der Waals surface area contributed by atoms with E-state index in [1.54, 1.807) is 0 Å². The third kappa shape index (κ3) is 5.81. The van der Waals surface area contributed by atoms with Crippen LogP contribution in [0, 0.1) is 0 Å². The molecule has 2 rings (SSSR count). The molecule has 28 heavy (non-hydrogen) atoms. The van der Waals surface area contributed by atoms with Crippen molar-refractivity contribution in [2.45, 2.75) is 39.4 Å². The smallest absolute Gasteiger partial charge is 0.215 e. The molecule has 0 amide bonds. The van der Waals surface area contributed by atoms with E-state index in [2.05, 4.69) is 72.6 Å². The molecule has 0 saturated heterocycles. The fourth-order valence-electron chi connectivity index (χ4n) is 2.97. The van der Waals surface area contributed by atoms with Crippen LogP contribution in [0.2, 0.25) is 0 Å². The first kappa shape index (κ1) is 22.9. The minimum absolute atomic E-state index is 0.219. The van der Waals surface area contributed by atoms with Gasteiger partial charge >= 0.3 is 0 Å². The summed E-state index contributed by atoms with van der Waals surface area (Å²) in [5.41, 5.74) is 4.54. The molecule has 0 heterocycles. The molecule has 2 aromatic carbocycles. The van der Waals surface area contributed by atoms with Gasteiger partial charge < -0.3 is 19.3 Å². The lowest BCUT2D eigenvalue weighted by atomic mass is 10.0. The molecule has 0 aliphatic rings. The Kier molecular flexibility index (Phi) is 8.51. The molecule has 6 heteroatoms. The standard InChI is InChI=1S/C22H33N2O2PS/c1-7-25-27(28,26-8-2)22(19-11-15-21(16-12-19)24(5)6)23-20-13-9-18(10-14-20)17(3)4/h9-17,22-23H,7-8H2,1-6H3. The van der Waals surface area contributed by atoms with Gasteiger partial charge in [-0.25, -0.2) is 0 Å². The van der Waals surface area contributed by atoms with Crippen LogP contribution in [-0.2, 0) is 20.9 Å². The van der Waals surface area contributed by atoms with Gasteiger partial charge in [-0.05, 0) is 67.0 Å². The van der Waals surface area contributed by atoms with Crippen LogP contribution in [-0.4, -0.2) is 27.3 Å². The largest absolute Gasteiger partial charge is 0.378 e. The van der Waals surface area contributed by atoms with Crippen LogP contribution < -0.4 is 10.2 Å². The normalized spacial score (nSPS) is 12.8. The van der Waals surface area contributed by atoms with Crippen molar-refractivity contribution in [3.05, 3.63) is 59.7 Å². The third-order valence-electron chi connectivity index (χ3n) is 4.54. The highest BCUT2D eigenvalue weighted by molar-refractivity contribution is 8.10. The summed E-state index contributed by atoms with van der Waals surface area (Å²) in [6, 6.07) is 16.9. The van der Waals surface area contributed by atoms with E-state index in [0.29, 0.717) is 19.1 Å². The van der Waals surface area contributed by atoms with Crippen LogP contribution in [0.15, 0.2) is 48.5 Å². The summed E-state index contributed by atoms with van der Waals surface area (Å²) in [4.78, 5) is 2.08. The predicted molar refractivity (Wildman–Crippen MR) is 125 cm³/mol. The Labute approximate surface area is 175 Å². The zero-order chi connectivity index (χ0) is 20.7. The van der Waals surface area contributed by atoms with Crippen LogP contribution >= 0.6 is 6.49 Å². The molecule has 0 aliphatic heterocycles. The van der Waals surface area contributed by atoms with Crippen molar-refractivity contribution in [1.82, 2.24) is 0 Å². The second-order valence-electron chi connectivity index (χ2n) is 7.18. The maximum Gasteiger partial charge on any atom is 0.215 e. The van der Waals surface area contributed by atoms with Crippen molar-refractivity contribution in [3.63, 3.8) is 0 Å². The van der Waals surface area contributed by atoms with E-state index in [4.69, 9.17) is 20.9 Å². The number of rotatable bonds is 10. The van der Waals surface area contributed by atoms with Crippen molar-refractivity contribution >= 4 is 29.7 Å². The molecule has 1 atom stereocenters. The Morgan fingerprint density at radius 2 is 1.39 bits per heavy atom. The van der Waals surface area contributed by atoms with E-state index in [9.17, 15) is 0 Å². The van der Waals surface area contributed by atoms with Gasteiger partial charge in [0.2, 0.25) is 6.49 Å². The number of nitrogens with one attached hydrogen (secondary N) is 1. The van der Waals surface area contributed by atoms with Crippen LogP contribution in [0.1, 0.15) is 50.5 Å². The molecular weight excluding hydrogens is 387 g/mol.